The number of rotatable bonds is 5. The Kier molecular flexibility index (Phi) is 4.18. The van der Waals surface area contributed by atoms with Crippen molar-refractivity contribution in [2.75, 3.05) is 6.54 Å². The van der Waals surface area contributed by atoms with Gasteiger partial charge in [0.25, 0.3) is 0 Å². The Morgan fingerprint density at radius 2 is 2.29 bits per heavy atom. The van der Waals surface area contributed by atoms with E-state index in [-0.39, 0.29) is 12.5 Å². The Morgan fingerprint density at radius 1 is 1.53 bits per heavy atom. The van der Waals surface area contributed by atoms with Crippen LogP contribution in [0.1, 0.15) is 35.9 Å². The van der Waals surface area contributed by atoms with Crippen molar-refractivity contribution >= 4 is 17.3 Å². The van der Waals surface area contributed by atoms with Crippen LogP contribution in [-0.4, -0.2) is 28.6 Å². The second kappa shape index (κ2) is 5.65. The van der Waals surface area contributed by atoms with E-state index in [2.05, 4.69) is 24.0 Å². The summed E-state index contributed by atoms with van der Waals surface area (Å²) in [7, 11) is 0. The summed E-state index contributed by atoms with van der Waals surface area (Å²) in [5.74, 6) is -0.678. The molecule has 1 aromatic heterocycles. The zero-order valence-electron chi connectivity index (χ0n) is 10.2. The maximum atomic E-state index is 10.8. The van der Waals surface area contributed by atoms with Crippen molar-refractivity contribution < 1.29 is 9.90 Å². The lowest BCUT2D eigenvalue weighted by Gasteiger charge is -2.22. The first-order valence-corrected chi connectivity index (χ1v) is 7.04. The molecule has 0 radical (unpaired) electrons. The van der Waals surface area contributed by atoms with Gasteiger partial charge in [0, 0.05) is 22.3 Å². The van der Waals surface area contributed by atoms with E-state index in [0.717, 1.165) is 32.4 Å². The molecule has 1 atom stereocenters. The van der Waals surface area contributed by atoms with Crippen LogP contribution >= 0.6 is 11.3 Å². The maximum Gasteiger partial charge on any atom is 0.304 e. The van der Waals surface area contributed by atoms with Crippen molar-refractivity contribution in [3.05, 3.63) is 21.9 Å². The molecular formula is C13H19NO2S. The summed E-state index contributed by atoms with van der Waals surface area (Å²) in [6.07, 6.45) is 3.53. The minimum absolute atomic E-state index is 0.236. The van der Waals surface area contributed by atoms with Crippen LogP contribution in [0, 0.1) is 0 Å². The van der Waals surface area contributed by atoms with Gasteiger partial charge >= 0.3 is 5.97 Å². The van der Waals surface area contributed by atoms with Gasteiger partial charge in [-0.15, -0.1) is 11.3 Å². The van der Waals surface area contributed by atoms with E-state index in [1.54, 1.807) is 0 Å². The van der Waals surface area contributed by atoms with Crippen molar-refractivity contribution in [1.82, 2.24) is 4.90 Å². The summed E-state index contributed by atoms with van der Waals surface area (Å²) < 4.78 is 0. The van der Waals surface area contributed by atoms with Gasteiger partial charge < -0.3 is 5.11 Å². The van der Waals surface area contributed by atoms with Gasteiger partial charge in [0.1, 0.15) is 0 Å². The number of likely N-dealkylation sites (tertiary alicyclic amines) is 1. The molecule has 1 saturated heterocycles. The number of hydrogen-bond donors (Lipinski definition) is 1. The van der Waals surface area contributed by atoms with Crippen LogP contribution in [-0.2, 0) is 17.8 Å². The molecule has 2 rings (SSSR count). The zero-order chi connectivity index (χ0) is 12.3. The predicted molar refractivity (Wildman–Crippen MR) is 69.4 cm³/mol. The lowest BCUT2D eigenvalue weighted by Crippen LogP contribution is -2.30. The van der Waals surface area contributed by atoms with Gasteiger partial charge in [-0.3, -0.25) is 9.69 Å². The van der Waals surface area contributed by atoms with Crippen molar-refractivity contribution in [3.63, 3.8) is 0 Å². The highest BCUT2D eigenvalue weighted by molar-refractivity contribution is 7.11. The van der Waals surface area contributed by atoms with Gasteiger partial charge in [-0.1, -0.05) is 6.92 Å². The molecule has 0 aromatic carbocycles. The molecule has 17 heavy (non-hydrogen) atoms. The number of nitrogens with zero attached hydrogens (tertiary/aromatic N) is 1. The van der Waals surface area contributed by atoms with E-state index in [1.807, 2.05) is 11.3 Å². The third-order valence-electron chi connectivity index (χ3n) is 3.33. The Labute approximate surface area is 106 Å². The summed E-state index contributed by atoms with van der Waals surface area (Å²) in [5.41, 5.74) is 0. The lowest BCUT2D eigenvalue weighted by atomic mass is 10.1. The Balaban J connectivity index is 1.95. The van der Waals surface area contributed by atoms with Crippen molar-refractivity contribution in [2.45, 2.75) is 45.2 Å². The van der Waals surface area contributed by atoms with E-state index in [1.165, 1.54) is 9.75 Å². The number of thiophene rings is 1. The van der Waals surface area contributed by atoms with Crippen molar-refractivity contribution in [1.29, 1.82) is 0 Å². The van der Waals surface area contributed by atoms with E-state index in [4.69, 9.17) is 5.11 Å². The van der Waals surface area contributed by atoms with Gasteiger partial charge in [0.2, 0.25) is 0 Å². The van der Waals surface area contributed by atoms with Crippen molar-refractivity contribution in [3.8, 4) is 0 Å². The fourth-order valence-electron chi connectivity index (χ4n) is 2.43. The Bertz CT molecular complexity index is 389. The average Bonchev–Trinajstić information content (AvgIpc) is 2.89. The fourth-order valence-corrected chi connectivity index (χ4v) is 3.42. The molecule has 0 amide bonds. The first-order valence-electron chi connectivity index (χ1n) is 6.22. The highest BCUT2D eigenvalue weighted by atomic mass is 32.1. The molecule has 0 aliphatic carbocycles. The molecular weight excluding hydrogens is 234 g/mol. The highest BCUT2D eigenvalue weighted by Crippen LogP contribution is 2.25. The maximum absolute atomic E-state index is 10.8. The summed E-state index contributed by atoms with van der Waals surface area (Å²) in [5, 5.41) is 8.88. The number of carboxylic acid groups (broad SMARTS) is 1. The minimum atomic E-state index is -0.678. The van der Waals surface area contributed by atoms with Crippen LogP contribution in [0.2, 0.25) is 0 Å². The van der Waals surface area contributed by atoms with Gasteiger partial charge in [-0.25, -0.2) is 0 Å². The normalized spacial score (nSPS) is 20.9. The van der Waals surface area contributed by atoms with E-state index < -0.39 is 5.97 Å². The van der Waals surface area contributed by atoms with Gasteiger partial charge in [-0.05, 0) is 37.9 Å². The molecule has 2 heterocycles. The SMILES string of the molecule is CCc1ccc(CN2CCCC2CC(=O)O)s1. The number of aryl methyl sites for hydroxylation is 1. The van der Waals surface area contributed by atoms with Crippen LogP contribution in [0.4, 0.5) is 0 Å². The minimum Gasteiger partial charge on any atom is -0.481 e. The number of carboxylic acids is 1. The first-order chi connectivity index (χ1) is 8.19. The molecule has 1 N–H and O–H groups in total. The van der Waals surface area contributed by atoms with E-state index in [9.17, 15) is 4.79 Å². The molecule has 0 bridgehead atoms. The standard InChI is InChI=1S/C13H19NO2S/c1-2-11-5-6-12(17-11)9-14-7-3-4-10(14)8-13(15)16/h5-6,10H,2-4,7-9H2,1H3,(H,15,16). The molecule has 1 aliphatic heterocycles. The molecule has 1 aliphatic rings. The smallest absolute Gasteiger partial charge is 0.304 e. The molecule has 1 unspecified atom stereocenters. The Morgan fingerprint density at radius 3 is 2.94 bits per heavy atom. The first kappa shape index (κ1) is 12.6. The van der Waals surface area contributed by atoms with E-state index >= 15 is 0 Å². The lowest BCUT2D eigenvalue weighted by molar-refractivity contribution is -0.138. The average molecular weight is 253 g/mol. The topological polar surface area (TPSA) is 40.5 Å². The largest absolute Gasteiger partial charge is 0.481 e. The van der Waals surface area contributed by atoms with Gasteiger partial charge in [0.15, 0.2) is 0 Å². The third-order valence-corrected chi connectivity index (χ3v) is 4.55. The number of hydrogen-bond acceptors (Lipinski definition) is 3. The number of aliphatic carboxylic acids is 1. The Hall–Kier alpha value is -0.870. The summed E-state index contributed by atoms with van der Waals surface area (Å²) in [6, 6.07) is 4.60. The van der Waals surface area contributed by atoms with Gasteiger partial charge in [-0.2, -0.15) is 0 Å². The summed E-state index contributed by atoms with van der Waals surface area (Å²) in [4.78, 5) is 15.9. The second-order valence-electron chi connectivity index (χ2n) is 4.59. The van der Waals surface area contributed by atoms with E-state index in [0.29, 0.717) is 0 Å². The zero-order valence-corrected chi connectivity index (χ0v) is 11.0. The predicted octanol–water partition coefficient (Wildman–Crippen LogP) is 2.75. The summed E-state index contributed by atoms with van der Waals surface area (Å²) >= 11 is 1.85. The third kappa shape index (κ3) is 3.30. The molecule has 94 valence electrons. The molecule has 4 heteroatoms. The summed E-state index contributed by atoms with van der Waals surface area (Å²) in [6.45, 7) is 4.12. The van der Waals surface area contributed by atoms with Crippen LogP contribution in [0.3, 0.4) is 0 Å². The van der Waals surface area contributed by atoms with Crippen LogP contribution in [0.25, 0.3) is 0 Å². The molecule has 1 aromatic rings. The quantitative estimate of drug-likeness (QED) is 0.877. The molecule has 0 spiro atoms. The fraction of sp³-hybridized carbons (Fsp3) is 0.615. The van der Waals surface area contributed by atoms with Gasteiger partial charge in [0.05, 0.1) is 6.42 Å². The molecule has 1 fully saturated rings. The molecule has 0 saturated carbocycles. The van der Waals surface area contributed by atoms with Crippen LogP contribution < -0.4 is 0 Å². The van der Waals surface area contributed by atoms with Crippen LogP contribution in [0.15, 0.2) is 12.1 Å². The number of carbonyl (C=O) groups is 1. The van der Waals surface area contributed by atoms with Crippen LogP contribution in [0.5, 0.6) is 0 Å². The second-order valence-corrected chi connectivity index (χ2v) is 5.84. The molecule has 3 nitrogen and oxygen atoms in total. The highest BCUT2D eigenvalue weighted by Gasteiger charge is 2.26. The monoisotopic (exact) mass is 253 g/mol. The van der Waals surface area contributed by atoms with Crippen molar-refractivity contribution in [2.24, 2.45) is 0 Å².